The third kappa shape index (κ3) is 3.54. The number of nitrogens with zero attached hydrogens (tertiary/aromatic N) is 1. The zero-order valence-electron chi connectivity index (χ0n) is 11.5. The molecule has 106 valence electrons. The van der Waals surface area contributed by atoms with E-state index in [1.807, 2.05) is 6.07 Å². The van der Waals surface area contributed by atoms with E-state index >= 15 is 0 Å². The predicted molar refractivity (Wildman–Crippen MR) is 78.3 cm³/mol. The molecule has 0 fully saturated rings. The molecule has 5 nitrogen and oxygen atoms in total. The van der Waals surface area contributed by atoms with Crippen LogP contribution < -0.4 is 14.9 Å². The third-order valence-electron chi connectivity index (χ3n) is 2.98. The molecule has 0 amide bonds. The number of hydrogen-bond donors (Lipinski definition) is 2. The number of ether oxygens (including phenoxy) is 2. The normalized spacial score (nSPS) is 9.81. The molecule has 0 atom stereocenters. The van der Waals surface area contributed by atoms with Gasteiger partial charge in [-0.25, -0.2) is 0 Å². The van der Waals surface area contributed by atoms with E-state index in [9.17, 15) is 10.0 Å². The molecule has 0 saturated carbocycles. The second kappa shape index (κ2) is 6.79. The van der Waals surface area contributed by atoms with Crippen molar-refractivity contribution in [3.8, 4) is 17.6 Å². The highest BCUT2D eigenvalue weighted by atomic mass is 16.5. The quantitative estimate of drug-likeness (QED) is 0.794. The summed E-state index contributed by atoms with van der Waals surface area (Å²) < 4.78 is 10.7. The molecule has 2 aromatic rings. The third-order valence-corrected chi connectivity index (χ3v) is 2.98. The number of para-hydroxylation sites is 1. The smallest absolute Gasteiger partial charge is 0.492 e. The average molecular weight is 283 g/mol. The van der Waals surface area contributed by atoms with E-state index in [-0.39, 0.29) is 6.61 Å². The van der Waals surface area contributed by atoms with Gasteiger partial charge < -0.3 is 19.5 Å². The van der Waals surface area contributed by atoms with Gasteiger partial charge in [0.05, 0.1) is 12.7 Å². The van der Waals surface area contributed by atoms with E-state index in [2.05, 4.69) is 0 Å². The summed E-state index contributed by atoms with van der Waals surface area (Å²) >= 11 is 0. The van der Waals surface area contributed by atoms with Crippen LogP contribution in [0.5, 0.6) is 11.5 Å². The summed E-state index contributed by atoms with van der Waals surface area (Å²) in [4.78, 5) is 0. The van der Waals surface area contributed by atoms with Crippen LogP contribution in [-0.2, 0) is 6.61 Å². The van der Waals surface area contributed by atoms with Crippen LogP contribution >= 0.6 is 0 Å². The minimum Gasteiger partial charge on any atom is -0.495 e. The fraction of sp³-hybridized carbons (Fsp3) is 0.133. The largest absolute Gasteiger partial charge is 0.495 e. The van der Waals surface area contributed by atoms with Crippen LogP contribution in [0.3, 0.4) is 0 Å². The molecule has 0 bridgehead atoms. The Labute approximate surface area is 123 Å². The molecule has 0 aliphatic heterocycles. The summed E-state index contributed by atoms with van der Waals surface area (Å²) in [5.41, 5.74) is 1.57. The van der Waals surface area contributed by atoms with Crippen molar-refractivity contribution in [2.75, 3.05) is 7.11 Å². The van der Waals surface area contributed by atoms with Crippen LogP contribution in [0.25, 0.3) is 0 Å². The first-order valence-corrected chi connectivity index (χ1v) is 6.30. The Bertz CT molecular complexity index is 667. The summed E-state index contributed by atoms with van der Waals surface area (Å²) in [7, 11) is -0.0881. The standard InChI is InChI=1S/C15H14BNO4/c1-20-15-8-11(6-7-12(15)9-17)10-21-14-5-3-2-4-13(14)16(18)19/h2-8,18-19H,10H2,1H3. The highest BCUT2D eigenvalue weighted by molar-refractivity contribution is 6.59. The first-order chi connectivity index (χ1) is 10.2. The van der Waals surface area contributed by atoms with Crippen LogP contribution in [0, 0.1) is 11.3 Å². The summed E-state index contributed by atoms with van der Waals surface area (Å²) in [6.07, 6.45) is 0. The first-order valence-electron chi connectivity index (χ1n) is 6.30. The van der Waals surface area contributed by atoms with E-state index in [0.717, 1.165) is 5.56 Å². The van der Waals surface area contributed by atoms with Crippen LogP contribution in [0.15, 0.2) is 42.5 Å². The lowest BCUT2D eigenvalue weighted by Gasteiger charge is -2.12. The fourth-order valence-corrected chi connectivity index (χ4v) is 1.90. The fourth-order valence-electron chi connectivity index (χ4n) is 1.90. The van der Waals surface area contributed by atoms with Crippen molar-refractivity contribution in [3.63, 3.8) is 0 Å². The van der Waals surface area contributed by atoms with E-state index in [1.54, 1.807) is 42.5 Å². The van der Waals surface area contributed by atoms with Gasteiger partial charge in [-0.15, -0.1) is 0 Å². The Kier molecular flexibility index (Phi) is 4.83. The van der Waals surface area contributed by atoms with Gasteiger partial charge >= 0.3 is 7.12 Å². The highest BCUT2D eigenvalue weighted by Gasteiger charge is 2.16. The van der Waals surface area contributed by atoms with Crippen molar-refractivity contribution in [1.29, 1.82) is 5.26 Å². The average Bonchev–Trinajstić information content (AvgIpc) is 2.52. The molecule has 0 saturated heterocycles. The number of benzene rings is 2. The molecule has 2 N–H and O–H groups in total. The molecule has 6 heteroatoms. The van der Waals surface area contributed by atoms with Crippen molar-refractivity contribution in [1.82, 2.24) is 0 Å². The van der Waals surface area contributed by atoms with Gasteiger partial charge in [-0.2, -0.15) is 5.26 Å². The number of hydrogen-bond acceptors (Lipinski definition) is 5. The summed E-state index contributed by atoms with van der Waals surface area (Å²) in [6.45, 7) is 0.228. The van der Waals surface area contributed by atoms with Crippen molar-refractivity contribution in [2.45, 2.75) is 6.61 Å². The van der Waals surface area contributed by atoms with Gasteiger partial charge in [0.25, 0.3) is 0 Å². The molecular formula is C15H14BNO4. The zero-order chi connectivity index (χ0) is 15.2. The Morgan fingerprint density at radius 2 is 1.90 bits per heavy atom. The topological polar surface area (TPSA) is 82.7 Å². The molecule has 21 heavy (non-hydrogen) atoms. The molecule has 0 radical (unpaired) electrons. The maximum absolute atomic E-state index is 9.27. The van der Waals surface area contributed by atoms with E-state index < -0.39 is 7.12 Å². The van der Waals surface area contributed by atoms with E-state index in [0.29, 0.717) is 22.5 Å². The first kappa shape index (κ1) is 14.9. The Morgan fingerprint density at radius 3 is 2.57 bits per heavy atom. The van der Waals surface area contributed by atoms with Crippen LogP contribution in [0.4, 0.5) is 0 Å². The van der Waals surface area contributed by atoms with Gasteiger partial charge in [0.2, 0.25) is 0 Å². The van der Waals surface area contributed by atoms with Crippen LogP contribution in [0.2, 0.25) is 0 Å². The predicted octanol–water partition coefficient (Wildman–Crippen LogP) is 0.826. The summed E-state index contributed by atoms with van der Waals surface area (Å²) in [6, 6.07) is 13.9. The van der Waals surface area contributed by atoms with Crippen molar-refractivity contribution in [2.24, 2.45) is 0 Å². The molecule has 0 aliphatic rings. The highest BCUT2D eigenvalue weighted by Crippen LogP contribution is 2.20. The zero-order valence-corrected chi connectivity index (χ0v) is 11.5. The maximum atomic E-state index is 9.27. The monoisotopic (exact) mass is 283 g/mol. The van der Waals surface area contributed by atoms with Gasteiger partial charge in [0.1, 0.15) is 24.2 Å². The van der Waals surface area contributed by atoms with Gasteiger partial charge in [-0.1, -0.05) is 24.3 Å². The number of rotatable bonds is 5. The lowest BCUT2D eigenvalue weighted by Crippen LogP contribution is -2.31. The summed E-state index contributed by atoms with van der Waals surface area (Å²) in [5.74, 6) is 0.880. The van der Waals surface area contributed by atoms with Crippen molar-refractivity contribution < 1.29 is 19.5 Å². The van der Waals surface area contributed by atoms with E-state index in [1.165, 1.54) is 7.11 Å². The molecule has 2 rings (SSSR count). The number of methoxy groups -OCH3 is 1. The van der Waals surface area contributed by atoms with Gasteiger partial charge in [-0.3, -0.25) is 0 Å². The lowest BCUT2D eigenvalue weighted by atomic mass is 9.79. The van der Waals surface area contributed by atoms with Gasteiger partial charge in [0, 0.05) is 5.46 Å². The molecule has 0 aliphatic carbocycles. The Hall–Kier alpha value is -2.49. The van der Waals surface area contributed by atoms with Crippen LogP contribution in [0.1, 0.15) is 11.1 Å². The SMILES string of the molecule is COc1cc(COc2ccccc2B(O)O)ccc1C#N. The second-order valence-corrected chi connectivity index (χ2v) is 4.35. The van der Waals surface area contributed by atoms with Crippen molar-refractivity contribution >= 4 is 12.6 Å². The molecule has 0 unspecified atom stereocenters. The van der Waals surface area contributed by atoms with Crippen molar-refractivity contribution in [3.05, 3.63) is 53.6 Å². The Morgan fingerprint density at radius 1 is 1.14 bits per heavy atom. The van der Waals surface area contributed by atoms with Gasteiger partial charge in [-0.05, 0) is 23.8 Å². The molecule has 2 aromatic carbocycles. The molecule has 0 aromatic heterocycles. The summed E-state index contributed by atoms with van der Waals surface area (Å²) in [5, 5.41) is 27.5. The second-order valence-electron chi connectivity index (χ2n) is 4.35. The molecule has 0 spiro atoms. The van der Waals surface area contributed by atoms with Gasteiger partial charge in [0.15, 0.2) is 0 Å². The number of nitriles is 1. The lowest BCUT2D eigenvalue weighted by molar-refractivity contribution is 0.305. The Balaban J connectivity index is 2.16. The van der Waals surface area contributed by atoms with E-state index in [4.69, 9.17) is 14.7 Å². The maximum Gasteiger partial charge on any atom is 0.492 e. The molecular weight excluding hydrogens is 269 g/mol. The molecule has 0 heterocycles. The van der Waals surface area contributed by atoms with Crippen LogP contribution in [-0.4, -0.2) is 24.3 Å². The minimum absolute atomic E-state index is 0.228. The minimum atomic E-state index is -1.59.